The Balaban J connectivity index is 1.40. The summed E-state index contributed by atoms with van der Waals surface area (Å²) in [6.07, 6.45) is 7.45. The molecule has 36 heavy (non-hydrogen) atoms. The fourth-order valence-corrected chi connectivity index (χ4v) is 8.84. The molecule has 0 radical (unpaired) electrons. The molecule has 5 fully saturated rings. The van der Waals surface area contributed by atoms with E-state index >= 15 is 0 Å². The van der Waals surface area contributed by atoms with Crippen LogP contribution in [0, 0.1) is 23.7 Å². The summed E-state index contributed by atoms with van der Waals surface area (Å²) in [7, 11) is 0. The Bertz CT molecular complexity index is 977. The summed E-state index contributed by atoms with van der Waals surface area (Å²) in [6, 6.07) is 3.87. The molecule has 198 valence electrons. The predicted octanol–water partition coefficient (Wildman–Crippen LogP) is 3.99. The number of rotatable bonds is 9. The van der Waals surface area contributed by atoms with E-state index in [2.05, 4.69) is 24.5 Å². The van der Waals surface area contributed by atoms with Crippen LogP contribution in [-0.4, -0.2) is 57.6 Å². The lowest BCUT2D eigenvalue weighted by Crippen LogP contribution is -2.61. The minimum absolute atomic E-state index is 0.0319. The zero-order valence-electron chi connectivity index (χ0n) is 21.6. The van der Waals surface area contributed by atoms with Crippen molar-refractivity contribution in [2.24, 2.45) is 23.7 Å². The molecule has 4 N–H and O–H groups in total. The van der Waals surface area contributed by atoms with Gasteiger partial charge in [-0.2, -0.15) is 0 Å². The first-order valence-corrected chi connectivity index (χ1v) is 14.7. The number of aliphatic carboxylic acids is 1. The van der Waals surface area contributed by atoms with Gasteiger partial charge in [-0.25, -0.2) is 4.98 Å². The molecule has 4 bridgehead atoms. The van der Waals surface area contributed by atoms with Crippen LogP contribution < -0.4 is 10.6 Å². The molecule has 3 atom stereocenters. The van der Waals surface area contributed by atoms with Crippen molar-refractivity contribution in [2.45, 2.75) is 93.7 Å². The van der Waals surface area contributed by atoms with Gasteiger partial charge in [-0.05, 0) is 99.5 Å². The maximum absolute atomic E-state index is 13.6. The number of carboxylic acid groups (broad SMARTS) is 1. The van der Waals surface area contributed by atoms with E-state index in [0.717, 1.165) is 69.4 Å². The lowest BCUT2D eigenvalue weighted by Gasteiger charge is -2.58. The van der Waals surface area contributed by atoms with E-state index in [0.29, 0.717) is 40.8 Å². The Morgan fingerprint density at radius 3 is 2.58 bits per heavy atom. The Morgan fingerprint density at radius 1 is 1.22 bits per heavy atom. The number of hydrogen-bond donors (Lipinski definition) is 4. The van der Waals surface area contributed by atoms with E-state index < -0.39 is 17.0 Å². The third-order valence-corrected chi connectivity index (χ3v) is 10.1. The van der Waals surface area contributed by atoms with Gasteiger partial charge in [-0.15, -0.1) is 11.8 Å². The van der Waals surface area contributed by atoms with E-state index in [-0.39, 0.29) is 18.4 Å². The van der Waals surface area contributed by atoms with Crippen LogP contribution in [0.2, 0.25) is 0 Å². The maximum Gasteiger partial charge on any atom is 0.304 e. The molecule has 1 aromatic heterocycles. The Hall–Kier alpha value is -1.64. The van der Waals surface area contributed by atoms with Gasteiger partial charge < -0.3 is 20.8 Å². The second-order valence-electron chi connectivity index (χ2n) is 12.4. The average Bonchev–Trinajstić information content (AvgIpc) is 2.80. The van der Waals surface area contributed by atoms with Gasteiger partial charge in [0.2, 0.25) is 0 Å². The van der Waals surface area contributed by atoms with Crippen molar-refractivity contribution < 1.29 is 19.8 Å². The van der Waals surface area contributed by atoms with E-state index in [9.17, 15) is 19.8 Å². The fourth-order valence-electron chi connectivity index (χ4n) is 7.57. The van der Waals surface area contributed by atoms with Crippen LogP contribution in [0.5, 0.6) is 0 Å². The first-order valence-electron chi connectivity index (χ1n) is 13.8. The molecule has 0 spiro atoms. The van der Waals surface area contributed by atoms with Crippen LogP contribution in [0.3, 0.4) is 0 Å². The third-order valence-electron chi connectivity index (χ3n) is 9.08. The van der Waals surface area contributed by atoms with E-state index in [4.69, 9.17) is 4.98 Å². The molecule has 0 aromatic carbocycles. The average molecular weight is 516 g/mol. The molecule has 1 aromatic rings. The number of amides is 1. The van der Waals surface area contributed by atoms with E-state index in [1.165, 1.54) is 0 Å². The molecule has 6 rings (SSSR count). The second-order valence-corrected chi connectivity index (χ2v) is 13.5. The molecule has 2 unspecified atom stereocenters. The van der Waals surface area contributed by atoms with Crippen LogP contribution in [0.1, 0.15) is 87.7 Å². The molecule has 2 heterocycles. The topological polar surface area (TPSA) is 112 Å². The summed E-state index contributed by atoms with van der Waals surface area (Å²) in [6.45, 7) is 5.85. The molecule has 5 aliphatic rings. The zero-order chi connectivity index (χ0) is 25.5. The summed E-state index contributed by atoms with van der Waals surface area (Å²) < 4.78 is 0. The zero-order valence-corrected chi connectivity index (χ0v) is 22.4. The number of nitrogens with one attached hydrogen (secondary N) is 2. The van der Waals surface area contributed by atoms with Crippen molar-refractivity contribution in [3.8, 4) is 0 Å². The second kappa shape index (κ2) is 10.3. The van der Waals surface area contributed by atoms with Gasteiger partial charge in [0, 0.05) is 23.7 Å². The summed E-state index contributed by atoms with van der Waals surface area (Å²) >= 11 is 1.61. The standard InChI is InChI=1S/C28H41N3O4S/c1-17(2)6-9-36-26-21(4-5-22(30-26)27(15-23(32)33)7-3-8-29-16-27)25(34)31-24-19-10-18-11-20(24)14-28(35,12-18)13-19/h4-5,17-20,24,29,35H,3,6-16H2,1-2H3,(H,31,34)(H,32,33)/t18?,19?,20?,24?,27-,28?/m0/s1. The maximum atomic E-state index is 13.6. The van der Waals surface area contributed by atoms with Crippen molar-refractivity contribution in [1.29, 1.82) is 0 Å². The third kappa shape index (κ3) is 5.32. The summed E-state index contributed by atoms with van der Waals surface area (Å²) in [4.78, 5) is 30.4. The Morgan fingerprint density at radius 2 is 1.97 bits per heavy atom. The minimum atomic E-state index is -0.820. The Labute approximate surface area is 218 Å². The van der Waals surface area contributed by atoms with Crippen molar-refractivity contribution in [3.63, 3.8) is 0 Å². The first kappa shape index (κ1) is 26.0. The van der Waals surface area contributed by atoms with Gasteiger partial charge in [-0.3, -0.25) is 9.59 Å². The molecule has 8 heteroatoms. The Kier molecular flexibility index (Phi) is 7.40. The molecule has 1 amide bonds. The van der Waals surface area contributed by atoms with Gasteiger partial charge in [0.1, 0.15) is 5.03 Å². The quantitative estimate of drug-likeness (QED) is 0.368. The molecule has 4 aliphatic carbocycles. The van der Waals surface area contributed by atoms with Crippen LogP contribution in [-0.2, 0) is 10.2 Å². The lowest BCUT2D eigenvalue weighted by atomic mass is 9.52. The number of piperidine rings is 1. The highest BCUT2D eigenvalue weighted by atomic mass is 32.2. The summed E-state index contributed by atoms with van der Waals surface area (Å²) in [5.74, 6) is 1.81. The number of pyridine rings is 1. The highest BCUT2D eigenvalue weighted by Gasteiger charge is 2.55. The van der Waals surface area contributed by atoms with Crippen molar-refractivity contribution in [2.75, 3.05) is 18.8 Å². The minimum Gasteiger partial charge on any atom is -0.481 e. The predicted molar refractivity (Wildman–Crippen MR) is 140 cm³/mol. The van der Waals surface area contributed by atoms with Crippen LogP contribution in [0.25, 0.3) is 0 Å². The normalized spacial score (nSPS) is 35.2. The van der Waals surface area contributed by atoms with Gasteiger partial charge in [0.25, 0.3) is 5.91 Å². The van der Waals surface area contributed by atoms with E-state index in [1.807, 2.05) is 12.1 Å². The van der Waals surface area contributed by atoms with Gasteiger partial charge in [-0.1, -0.05) is 13.8 Å². The number of carbonyl (C=O) groups is 2. The number of hydrogen-bond acceptors (Lipinski definition) is 6. The van der Waals surface area contributed by atoms with Crippen LogP contribution >= 0.6 is 11.8 Å². The number of aromatic nitrogens is 1. The number of nitrogens with zero attached hydrogens (tertiary/aromatic N) is 1. The number of aliphatic hydroxyl groups is 1. The highest BCUT2D eigenvalue weighted by Crippen LogP contribution is 2.55. The molecule has 4 saturated carbocycles. The molecular formula is C28H41N3O4S. The van der Waals surface area contributed by atoms with E-state index in [1.54, 1.807) is 11.8 Å². The lowest BCUT2D eigenvalue weighted by molar-refractivity contribution is -0.138. The fraction of sp³-hybridized carbons (Fsp3) is 0.750. The smallest absolute Gasteiger partial charge is 0.304 e. The van der Waals surface area contributed by atoms with Crippen molar-refractivity contribution >= 4 is 23.6 Å². The van der Waals surface area contributed by atoms with Crippen LogP contribution in [0.4, 0.5) is 0 Å². The van der Waals surface area contributed by atoms with Crippen molar-refractivity contribution in [1.82, 2.24) is 15.6 Å². The van der Waals surface area contributed by atoms with Gasteiger partial charge >= 0.3 is 5.97 Å². The summed E-state index contributed by atoms with van der Waals surface area (Å²) in [5.41, 5.74) is 0.293. The molecular weight excluding hydrogens is 474 g/mol. The number of thioether (sulfide) groups is 1. The monoisotopic (exact) mass is 515 g/mol. The molecule has 1 saturated heterocycles. The first-order chi connectivity index (χ1) is 17.2. The SMILES string of the molecule is CC(C)CCSc1nc([C@]2(CC(=O)O)CCCNC2)ccc1C(=O)NC1C2CC3CC1CC(O)(C3)C2. The van der Waals surface area contributed by atoms with Gasteiger partial charge in [0.15, 0.2) is 0 Å². The number of carboxylic acids is 1. The highest BCUT2D eigenvalue weighted by molar-refractivity contribution is 7.99. The summed E-state index contributed by atoms with van der Waals surface area (Å²) in [5, 5.41) is 28.0. The van der Waals surface area contributed by atoms with Crippen molar-refractivity contribution in [3.05, 3.63) is 23.4 Å². The van der Waals surface area contributed by atoms with Gasteiger partial charge in [0.05, 0.1) is 17.6 Å². The largest absolute Gasteiger partial charge is 0.481 e. The molecule has 7 nitrogen and oxygen atoms in total. The molecule has 1 aliphatic heterocycles. The van der Waals surface area contributed by atoms with Crippen LogP contribution in [0.15, 0.2) is 17.2 Å². The number of carbonyl (C=O) groups excluding carboxylic acids is 1.